The highest BCUT2D eigenvalue weighted by Crippen LogP contribution is 2.16. The van der Waals surface area contributed by atoms with E-state index in [1.165, 1.54) is 30.8 Å². The van der Waals surface area contributed by atoms with Crippen LogP contribution in [0.15, 0.2) is 72.8 Å². The van der Waals surface area contributed by atoms with Gasteiger partial charge < -0.3 is 9.64 Å². The fraction of sp³-hybridized carbons (Fsp3) is 0.321. The van der Waals surface area contributed by atoms with Crippen molar-refractivity contribution >= 4 is 17.0 Å². The van der Waals surface area contributed by atoms with E-state index in [1.807, 2.05) is 24.3 Å². The Morgan fingerprint density at radius 1 is 0.971 bits per heavy atom. The van der Waals surface area contributed by atoms with Crippen LogP contribution in [0.1, 0.15) is 24.0 Å². The first-order valence-electron chi connectivity index (χ1n) is 12.2. The van der Waals surface area contributed by atoms with E-state index in [9.17, 15) is 4.39 Å². The lowest BCUT2D eigenvalue weighted by molar-refractivity contribution is -0.904. The van der Waals surface area contributed by atoms with Crippen LogP contribution < -0.4 is 19.5 Å². The number of methoxy groups -OCH3 is 1. The van der Waals surface area contributed by atoms with Gasteiger partial charge in [0.1, 0.15) is 22.6 Å². The molecular weight excluding hydrogens is 427 g/mol. The van der Waals surface area contributed by atoms with Crippen LogP contribution in [0.2, 0.25) is 0 Å². The first kappa shape index (κ1) is 22.4. The molecule has 0 aliphatic carbocycles. The molecule has 1 aromatic heterocycles. The van der Waals surface area contributed by atoms with Gasteiger partial charge in [-0.2, -0.15) is 0 Å². The van der Waals surface area contributed by atoms with Crippen LogP contribution in [0.3, 0.4) is 0 Å². The molecule has 2 heterocycles. The lowest BCUT2D eigenvalue weighted by Gasteiger charge is -2.28. The molecular formula is C28H33FN4O+2. The molecule has 3 N–H and O–H groups in total. The predicted octanol–water partition coefficient (Wildman–Crippen LogP) is 3.35. The van der Waals surface area contributed by atoms with Gasteiger partial charge in [-0.3, -0.25) is 5.32 Å². The topological polar surface area (TPSA) is 45.4 Å². The summed E-state index contributed by atoms with van der Waals surface area (Å²) in [4.78, 5) is 5.24. The fourth-order valence-electron chi connectivity index (χ4n) is 4.91. The summed E-state index contributed by atoms with van der Waals surface area (Å²) in [5.41, 5.74) is 4.71. The Kier molecular flexibility index (Phi) is 6.77. The number of H-pyrrole nitrogens is 1. The van der Waals surface area contributed by atoms with Crippen molar-refractivity contribution in [3.05, 3.63) is 89.7 Å². The van der Waals surface area contributed by atoms with Gasteiger partial charge in [-0.25, -0.2) is 13.9 Å². The normalized spacial score (nSPS) is 18.2. The molecule has 0 radical (unpaired) electrons. The van der Waals surface area contributed by atoms with Crippen molar-refractivity contribution in [1.29, 1.82) is 0 Å². The number of fused-ring (bicyclic) bond motifs is 1. The summed E-state index contributed by atoms with van der Waals surface area (Å²) in [5.74, 6) is 1.74. The minimum Gasteiger partial charge on any atom is -0.497 e. The summed E-state index contributed by atoms with van der Waals surface area (Å²) < 4.78 is 20.9. The number of ether oxygens (including phenoxy) is 1. The number of hydrogen-bond acceptors (Lipinski definition) is 2. The molecule has 1 saturated heterocycles. The average Bonchev–Trinajstić information content (AvgIpc) is 3.22. The van der Waals surface area contributed by atoms with E-state index in [2.05, 4.69) is 51.3 Å². The molecule has 0 saturated carbocycles. The average molecular weight is 461 g/mol. The number of likely N-dealkylation sites (tertiary alicyclic amines) is 1. The van der Waals surface area contributed by atoms with Gasteiger partial charge in [0.05, 0.1) is 39.3 Å². The van der Waals surface area contributed by atoms with E-state index in [0.717, 1.165) is 54.1 Å². The molecule has 0 amide bonds. The standard InChI is InChI=1S/C28H31FN4O/c1-34-25-12-8-21(9-13-25)14-17-32-18-15-24(16-19-32)30-28-31-26-4-2-3-5-27(26)33(28)20-22-6-10-23(29)11-7-22/h2-13,24H,14-20H2,1H3,(H,30,31)/p+2. The van der Waals surface area contributed by atoms with Gasteiger partial charge >= 0.3 is 5.95 Å². The van der Waals surface area contributed by atoms with Crippen LogP contribution in [0.4, 0.5) is 10.3 Å². The molecule has 176 valence electrons. The lowest BCUT2D eigenvalue weighted by atomic mass is 10.0. The molecule has 4 aromatic rings. The van der Waals surface area contributed by atoms with Gasteiger partial charge in [0.2, 0.25) is 0 Å². The maximum atomic E-state index is 13.4. The molecule has 1 aliphatic heterocycles. The third kappa shape index (κ3) is 5.23. The summed E-state index contributed by atoms with van der Waals surface area (Å²) in [6.07, 6.45) is 3.38. The summed E-state index contributed by atoms with van der Waals surface area (Å²) >= 11 is 0. The smallest absolute Gasteiger partial charge is 0.356 e. The lowest BCUT2D eigenvalue weighted by Crippen LogP contribution is -3.13. The van der Waals surface area contributed by atoms with E-state index < -0.39 is 0 Å². The predicted molar refractivity (Wildman–Crippen MR) is 133 cm³/mol. The Balaban J connectivity index is 1.21. The van der Waals surface area contributed by atoms with Crippen molar-refractivity contribution in [2.75, 3.05) is 32.1 Å². The number of aromatic amines is 1. The number of piperidine rings is 1. The van der Waals surface area contributed by atoms with E-state index in [0.29, 0.717) is 12.6 Å². The van der Waals surface area contributed by atoms with Crippen LogP contribution in [0, 0.1) is 5.82 Å². The van der Waals surface area contributed by atoms with Crippen LogP contribution >= 0.6 is 0 Å². The maximum absolute atomic E-state index is 13.4. The fourth-order valence-corrected chi connectivity index (χ4v) is 4.91. The molecule has 0 bridgehead atoms. The van der Waals surface area contributed by atoms with Crippen molar-refractivity contribution in [1.82, 2.24) is 4.98 Å². The number of quaternary nitrogens is 1. The Morgan fingerprint density at radius 2 is 1.68 bits per heavy atom. The highest BCUT2D eigenvalue weighted by Gasteiger charge is 2.27. The Labute approximate surface area is 200 Å². The first-order valence-corrected chi connectivity index (χ1v) is 12.2. The van der Waals surface area contributed by atoms with Gasteiger partial charge in [0.15, 0.2) is 0 Å². The second-order valence-corrected chi connectivity index (χ2v) is 9.22. The van der Waals surface area contributed by atoms with Crippen molar-refractivity contribution in [2.24, 2.45) is 0 Å². The van der Waals surface area contributed by atoms with E-state index in [-0.39, 0.29) is 5.82 Å². The van der Waals surface area contributed by atoms with E-state index >= 15 is 0 Å². The maximum Gasteiger partial charge on any atom is 0.356 e. The molecule has 0 unspecified atom stereocenters. The molecule has 1 fully saturated rings. The van der Waals surface area contributed by atoms with E-state index in [4.69, 9.17) is 4.74 Å². The summed E-state index contributed by atoms with van der Waals surface area (Å²) in [6, 6.07) is 24.0. The monoisotopic (exact) mass is 460 g/mol. The minimum atomic E-state index is -0.202. The second kappa shape index (κ2) is 10.3. The number of nitrogens with one attached hydrogen (secondary N) is 3. The second-order valence-electron chi connectivity index (χ2n) is 9.22. The zero-order chi connectivity index (χ0) is 23.3. The summed E-state index contributed by atoms with van der Waals surface area (Å²) in [7, 11) is 1.71. The number of aromatic nitrogens is 2. The summed E-state index contributed by atoms with van der Waals surface area (Å²) in [6.45, 7) is 4.20. The molecule has 5 rings (SSSR count). The van der Waals surface area contributed by atoms with Gasteiger partial charge in [0.25, 0.3) is 0 Å². The van der Waals surface area contributed by atoms with Crippen LogP contribution in [0.25, 0.3) is 11.0 Å². The van der Waals surface area contributed by atoms with Crippen molar-refractivity contribution in [3.63, 3.8) is 0 Å². The summed E-state index contributed by atoms with van der Waals surface area (Å²) in [5, 5.41) is 3.78. The highest BCUT2D eigenvalue weighted by molar-refractivity contribution is 5.72. The number of benzene rings is 3. The van der Waals surface area contributed by atoms with Crippen LogP contribution in [-0.4, -0.2) is 37.8 Å². The van der Waals surface area contributed by atoms with Crippen molar-refractivity contribution in [2.45, 2.75) is 31.8 Å². The van der Waals surface area contributed by atoms with Crippen molar-refractivity contribution < 1.29 is 18.6 Å². The van der Waals surface area contributed by atoms with Crippen LogP contribution in [-0.2, 0) is 13.0 Å². The number of halogens is 1. The zero-order valence-electron chi connectivity index (χ0n) is 19.7. The van der Waals surface area contributed by atoms with Gasteiger partial charge in [-0.05, 0) is 47.5 Å². The number of hydrogen-bond donors (Lipinski definition) is 3. The molecule has 0 atom stereocenters. The third-order valence-corrected chi connectivity index (χ3v) is 6.93. The van der Waals surface area contributed by atoms with Crippen molar-refractivity contribution in [3.8, 4) is 5.75 Å². The number of anilines is 1. The Bertz CT molecular complexity index is 1210. The first-order chi connectivity index (χ1) is 16.7. The highest BCUT2D eigenvalue weighted by atomic mass is 19.1. The largest absolute Gasteiger partial charge is 0.497 e. The number of rotatable bonds is 8. The SMILES string of the molecule is COc1ccc(CC[NH+]2CCC(Nc3[nH]c4ccccc4[n+]3Cc3ccc(F)cc3)CC2)cc1. The quantitative estimate of drug-likeness (QED) is 0.353. The number of imidazole rings is 1. The van der Waals surface area contributed by atoms with Crippen LogP contribution in [0.5, 0.6) is 5.75 Å². The molecule has 6 heteroatoms. The number of nitrogens with zero attached hydrogens (tertiary/aromatic N) is 1. The molecule has 34 heavy (non-hydrogen) atoms. The van der Waals surface area contributed by atoms with Gasteiger partial charge in [-0.15, -0.1) is 0 Å². The molecule has 5 nitrogen and oxygen atoms in total. The van der Waals surface area contributed by atoms with Gasteiger partial charge in [-0.1, -0.05) is 36.4 Å². The van der Waals surface area contributed by atoms with Gasteiger partial charge in [0, 0.05) is 19.3 Å². The zero-order valence-corrected chi connectivity index (χ0v) is 19.7. The third-order valence-electron chi connectivity index (χ3n) is 6.93. The minimum absolute atomic E-state index is 0.202. The Morgan fingerprint density at radius 3 is 2.41 bits per heavy atom. The number of para-hydroxylation sites is 2. The molecule has 3 aromatic carbocycles. The molecule has 0 spiro atoms. The Hall–Kier alpha value is -3.38. The molecule has 1 aliphatic rings. The van der Waals surface area contributed by atoms with E-state index in [1.54, 1.807) is 12.0 Å².